The van der Waals surface area contributed by atoms with E-state index in [0.717, 1.165) is 18.7 Å². The normalized spacial score (nSPS) is 11.3. The monoisotopic (exact) mass is 318 g/mol. The second kappa shape index (κ2) is 6.11. The molecule has 114 valence electrons. The predicted octanol–water partition coefficient (Wildman–Crippen LogP) is 4.88. The van der Waals surface area contributed by atoms with Crippen molar-refractivity contribution in [3.63, 3.8) is 0 Å². The van der Waals surface area contributed by atoms with Crippen LogP contribution in [0.25, 0.3) is 32.8 Å². The molecule has 2 nitrogen and oxygen atoms in total. The third-order valence-corrected chi connectivity index (χ3v) is 5.08. The van der Waals surface area contributed by atoms with Crippen LogP contribution in [0, 0.1) is 0 Å². The topological polar surface area (TPSA) is 24.9 Å². The molecular formula is C20H18N2S. The summed E-state index contributed by atoms with van der Waals surface area (Å²) in [5.74, 6) is 0. The van der Waals surface area contributed by atoms with Crippen LogP contribution in [0.5, 0.6) is 0 Å². The molecule has 0 aliphatic rings. The molecule has 3 aromatic carbocycles. The van der Waals surface area contributed by atoms with Crippen LogP contribution < -0.4 is 5.32 Å². The molecule has 3 heteroatoms. The van der Waals surface area contributed by atoms with E-state index < -0.39 is 0 Å². The van der Waals surface area contributed by atoms with Crippen molar-refractivity contribution < 1.29 is 0 Å². The van der Waals surface area contributed by atoms with Gasteiger partial charge in [-0.2, -0.15) is 0 Å². The summed E-state index contributed by atoms with van der Waals surface area (Å²) < 4.78 is 0. The molecule has 0 atom stereocenters. The Balaban J connectivity index is 1.97. The van der Waals surface area contributed by atoms with E-state index in [-0.39, 0.29) is 0 Å². The Kier molecular flexibility index (Phi) is 3.82. The first kappa shape index (κ1) is 14.4. The summed E-state index contributed by atoms with van der Waals surface area (Å²) in [7, 11) is 1.98. The smallest absolute Gasteiger partial charge is 0.0945 e. The highest BCUT2D eigenvalue weighted by atomic mass is 32.1. The molecule has 4 aromatic rings. The van der Waals surface area contributed by atoms with Gasteiger partial charge in [0.25, 0.3) is 0 Å². The first-order valence-electron chi connectivity index (χ1n) is 7.86. The molecule has 0 spiro atoms. The number of rotatable bonds is 4. The molecule has 1 N–H and O–H groups in total. The second-order valence-corrected chi connectivity index (χ2v) is 6.62. The van der Waals surface area contributed by atoms with Gasteiger partial charge in [0.05, 0.1) is 10.7 Å². The summed E-state index contributed by atoms with van der Waals surface area (Å²) in [5.41, 5.74) is 2.35. The van der Waals surface area contributed by atoms with Crippen molar-refractivity contribution in [2.75, 3.05) is 13.6 Å². The van der Waals surface area contributed by atoms with Gasteiger partial charge in [0.1, 0.15) is 0 Å². The Morgan fingerprint density at radius 1 is 0.957 bits per heavy atom. The summed E-state index contributed by atoms with van der Waals surface area (Å²) in [6.07, 6.45) is 0.976. The maximum atomic E-state index is 4.90. The molecule has 0 amide bonds. The molecule has 0 radical (unpaired) electrons. The van der Waals surface area contributed by atoms with Gasteiger partial charge >= 0.3 is 0 Å². The summed E-state index contributed by atoms with van der Waals surface area (Å²) >= 11 is 1.75. The molecule has 0 aliphatic heterocycles. The number of hydrogen-bond donors (Lipinski definition) is 1. The van der Waals surface area contributed by atoms with Gasteiger partial charge in [-0.15, -0.1) is 11.3 Å². The first-order chi connectivity index (χ1) is 11.4. The standard InChI is InChI=1S/C20H18N2S/c1-21-11-10-19-22-18(13-23-19)20-16-8-4-2-6-14(16)12-15-7-3-5-9-17(15)20/h2-9,12-13,21H,10-11H2,1H3. The molecule has 0 saturated carbocycles. The molecule has 1 heterocycles. The van der Waals surface area contributed by atoms with Crippen molar-refractivity contribution in [3.8, 4) is 11.3 Å². The average molecular weight is 318 g/mol. The number of nitrogens with zero attached hydrogens (tertiary/aromatic N) is 1. The maximum Gasteiger partial charge on any atom is 0.0945 e. The SMILES string of the molecule is CNCCc1nc(-c2c3ccccc3cc3ccccc23)cs1. The molecule has 0 bridgehead atoms. The van der Waals surface area contributed by atoms with Crippen molar-refractivity contribution in [2.24, 2.45) is 0 Å². The predicted molar refractivity (Wildman–Crippen MR) is 100 cm³/mol. The highest BCUT2D eigenvalue weighted by Gasteiger charge is 2.12. The maximum absolute atomic E-state index is 4.90. The van der Waals surface area contributed by atoms with E-state index >= 15 is 0 Å². The lowest BCUT2D eigenvalue weighted by atomic mass is 9.95. The van der Waals surface area contributed by atoms with Crippen LogP contribution in [-0.2, 0) is 6.42 Å². The highest BCUT2D eigenvalue weighted by Crippen LogP contribution is 2.36. The van der Waals surface area contributed by atoms with Crippen molar-refractivity contribution in [1.29, 1.82) is 0 Å². The van der Waals surface area contributed by atoms with Crippen LogP contribution in [-0.4, -0.2) is 18.6 Å². The number of hydrogen-bond acceptors (Lipinski definition) is 3. The first-order valence-corrected chi connectivity index (χ1v) is 8.74. The van der Waals surface area contributed by atoms with Crippen LogP contribution in [0.4, 0.5) is 0 Å². The zero-order valence-electron chi connectivity index (χ0n) is 13.0. The van der Waals surface area contributed by atoms with E-state index in [4.69, 9.17) is 4.98 Å². The summed E-state index contributed by atoms with van der Waals surface area (Å²) in [6.45, 7) is 0.962. The Hall–Kier alpha value is -2.23. The van der Waals surface area contributed by atoms with Crippen LogP contribution >= 0.6 is 11.3 Å². The fourth-order valence-corrected chi connectivity index (χ4v) is 3.85. The number of fused-ring (bicyclic) bond motifs is 2. The minimum Gasteiger partial charge on any atom is -0.319 e. The van der Waals surface area contributed by atoms with Gasteiger partial charge in [-0.1, -0.05) is 48.5 Å². The van der Waals surface area contributed by atoms with Gasteiger partial charge < -0.3 is 5.32 Å². The Morgan fingerprint density at radius 2 is 1.61 bits per heavy atom. The highest BCUT2D eigenvalue weighted by molar-refractivity contribution is 7.10. The van der Waals surface area contributed by atoms with Gasteiger partial charge in [0, 0.05) is 23.9 Å². The lowest BCUT2D eigenvalue weighted by molar-refractivity contribution is 0.788. The summed E-state index contributed by atoms with van der Waals surface area (Å²) in [6, 6.07) is 19.4. The molecule has 0 unspecified atom stereocenters. The third kappa shape index (κ3) is 2.62. The van der Waals surface area contributed by atoms with E-state index in [0.29, 0.717) is 0 Å². The average Bonchev–Trinajstić information content (AvgIpc) is 3.06. The van der Waals surface area contributed by atoms with Gasteiger partial charge in [-0.05, 0) is 34.7 Å². The van der Waals surface area contributed by atoms with E-state index in [2.05, 4.69) is 65.3 Å². The minimum atomic E-state index is 0.962. The molecular weight excluding hydrogens is 300 g/mol. The van der Waals surface area contributed by atoms with Crippen LogP contribution in [0.15, 0.2) is 60.0 Å². The summed E-state index contributed by atoms with van der Waals surface area (Å²) in [4.78, 5) is 4.90. The Labute approximate surface area is 139 Å². The molecule has 23 heavy (non-hydrogen) atoms. The van der Waals surface area contributed by atoms with Gasteiger partial charge in [-0.25, -0.2) is 4.98 Å². The molecule has 0 aliphatic carbocycles. The van der Waals surface area contributed by atoms with E-state index in [1.807, 2.05) is 7.05 Å². The number of thiazole rings is 1. The van der Waals surface area contributed by atoms with Gasteiger partial charge in [0.2, 0.25) is 0 Å². The molecule has 0 saturated heterocycles. The fourth-order valence-electron chi connectivity index (χ4n) is 3.06. The number of likely N-dealkylation sites (N-methyl/N-ethyl adjacent to an activating group) is 1. The Morgan fingerprint density at radius 3 is 2.26 bits per heavy atom. The quantitative estimate of drug-likeness (QED) is 0.543. The molecule has 0 fully saturated rings. The van der Waals surface area contributed by atoms with Crippen LogP contribution in [0.2, 0.25) is 0 Å². The fraction of sp³-hybridized carbons (Fsp3) is 0.150. The molecule has 4 rings (SSSR count). The van der Waals surface area contributed by atoms with E-state index in [1.54, 1.807) is 11.3 Å². The molecule has 1 aromatic heterocycles. The lowest BCUT2D eigenvalue weighted by Crippen LogP contribution is -2.09. The number of nitrogens with one attached hydrogen (secondary N) is 1. The van der Waals surface area contributed by atoms with Crippen molar-refractivity contribution in [3.05, 3.63) is 65.0 Å². The third-order valence-electron chi connectivity index (χ3n) is 4.17. The van der Waals surface area contributed by atoms with Crippen LogP contribution in [0.1, 0.15) is 5.01 Å². The van der Waals surface area contributed by atoms with Crippen molar-refractivity contribution >= 4 is 32.9 Å². The lowest BCUT2D eigenvalue weighted by Gasteiger charge is -2.09. The second-order valence-electron chi connectivity index (χ2n) is 5.67. The summed E-state index contributed by atoms with van der Waals surface area (Å²) in [5, 5.41) is 11.7. The number of aromatic nitrogens is 1. The van der Waals surface area contributed by atoms with E-state index in [9.17, 15) is 0 Å². The van der Waals surface area contributed by atoms with E-state index in [1.165, 1.54) is 32.1 Å². The zero-order chi connectivity index (χ0) is 15.6. The minimum absolute atomic E-state index is 0.962. The van der Waals surface area contributed by atoms with Gasteiger partial charge in [-0.3, -0.25) is 0 Å². The van der Waals surface area contributed by atoms with Gasteiger partial charge in [0.15, 0.2) is 0 Å². The largest absolute Gasteiger partial charge is 0.319 e. The zero-order valence-corrected chi connectivity index (χ0v) is 13.9. The van der Waals surface area contributed by atoms with Crippen molar-refractivity contribution in [2.45, 2.75) is 6.42 Å². The van der Waals surface area contributed by atoms with Crippen LogP contribution in [0.3, 0.4) is 0 Å². The Bertz CT molecular complexity index is 918. The number of benzene rings is 3. The van der Waals surface area contributed by atoms with Crippen molar-refractivity contribution in [1.82, 2.24) is 10.3 Å².